The first-order chi connectivity index (χ1) is 35.0. The number of unbranched alkanes of at least 4 members (excludes halogenated alkanes) is 48. The third kappa shape index (κ3) is 57.7. The number of nitrogens with one attached hydrogen (secondary N) is 1. The number of aliphatic hydroxyl groups excluding tert-OH is 2. The lowest BCUT2D eigenvalue weighted by molar-refractivity contribution is -0.143. The molecule has 0 rings (SSSR count). The summed E-state index contributed by atoms with van der Waals surface area (Å²) in [5.74, 6) is -0.0405. The maximum absolute atomic E-state index is 12.5. The molecular weight excluding hydrogens is 875 g/mol. The van der Waals surface area contributed by atoms with Crippen LogP contribution >= 0.6 is 0 Å². The van der Waals surface area contributed by atoms with Crippen LogP contribution in [0.2, 0.25) is 0 Å². The van der Waals surface area contributed by atoms with Gasteiger partial charge in [0.15, 0.2) is 0 Å². The van der Waals surface area contributed by atoms with Gasteiger partial charge >= 0.3 is 5.97 Å². The van der Waals surface area contributed by atoms with Crippen LogP contribution in [0.5, 0.6) is 0 Å². The van der Waals surface area contributed by atoms with Crippen LogP contribution in [0.15, 0.2) is 12.2 Å². The molecule has 6 nitrogen and oxygen atoms in total. The Morgan fingerprint density at radius 1 is 0.380 bits per heavy atom. The zero-order valence-electron chi connectivity index (χ0n) is 48.2. The summed E-state index contributed by atoms with van der Waals surface area (Å²) in [4.78, 5) is 24.6. The molecule has 0 radical (unpaired) electrons. The summed E-state index contributed by atoms with van der Waals surface area (Å²) in [6, 6.07) is -0.547. The van der Waals surface area contributed by atoms with Gasteiger partial charge in [0.25, 0.3) is 0 Å². The summed E-state index contributed by atoms with van der Waals surface area (Å²) >= 11 is 0. The quantitative estimate of drug-likeness (QED) is 0.0320. The predicted octanol–water partition coefficient (Wildman–Crippen LogP) is 20.4. The number of allylic oxidation sites excluding steroid dienone is 2. The summed E-state index contributed by atoms with van der Waals surface area (Å²) in [5, 5.41) is 23.4. The molecular formula is C65H127NO5. The van der Waals surface area contributed by atoms with Crippen LogP contribution in [0.1, 0.15) is 367 Å². The average Bonchev–Trinajstić information content (AvgIpc) is 3.37. The normalized spacial score (nSPS) is 12.6. The second kappa shape index (κ2) is 61.1. The molecule has 0 aliphatic carbocycles. The van der Waals surface area contributed by atoms with E-state index in [1.165, 1.54) is 289 Å². The molecule has 0 fully saturated rings. The van der Waals surface area contributed by atoms with E-state index in [-0.39, 0.29) is 18.5 Å². The fraction of sp³-hybridized carbons (Fsp3) is 0.938. The molecule has 1 amide bonds. The van der Waals surface area contributed by atoms with Crippen molar-refractivity contribution < 1.29 is 24.5 Å². The third-order valence-electron chi connectivity index (χ3n) is 15.3. The van der Waals surface area contributed by atoms with Crippen molar-refractivity contribution in [1.29, 1.82) is 0 Å². The van der Waals surface area contributed by atoms with Gasteiger partial charge in [0, 0.05) is 12.8 Å². The lowest BCUT2D eigenvalue weighted by Gasteiger charge is -2.22. The lowest BCUT2D eigenvalue weighted by Crippen LogP contribution is -2.45. The van der Waals surface area contributed by atoms with Crippen LogP contribution in [-0.2, 0) is 14.3 Å². The number of aliphatic hydroxyl groups is 2. The molecule has 0 aromatic carbocycles. The molecule has 422 valence electrons. The van der Waals surface area contributed by atoms with Crippen molar-refractivity contribution >= 4 is 11.9 Å². The molecule has 0 aliphatic rings. The SMILES string of the molecule is CCCCCCCCC/C=C\CCCCCCCC(=O)OCCCCCCCCCCCCCCCCCCC(=O)NC(CO)C(O)CCCCCCCCCCCCCCCCCCCCCCCC. The highest BCUT2D eigenvalue weighted by atomic mass is 16.5. The van der Waals surface area contributed by atoms with Crippen molar-refractivity contribution in [3.8, 4) is 0 Å². The molecule has 6 heteroatoms. The number of carbonyl (C=O) groups excluding carboxylic acids is 2. The molecule has 0 saturated carbocycles. The van der Waals surface area contributed by atoms with Gasteiger partial charge in [-0.2, -0.15) is 0 Å². The van der Waals surface area contributed by atoms with E-state index in [0.29, 0.717) is 25.9 Å². The minimum Gasteiger partial charge on any atom is -0.466 e. The maximum Gasteiger partial charge on any atom is 0.305 e. The van der Waals surface area contributed by atoms with Crippen LogP contribution < -0.4 is 5.32 Å². The second-order valence-electron chi connectivity index (χ2n) is 22.5. The highest BCUT2D eigenvalue weighted by Gasteiger charge is 2.20. The topological polar surface area (TPSA) is 95.9 Å². The van der Waals surface area contributed by atoms with Gasteiger partial charge in [-0.15, -0.1) is 0 Å². The minimum atomic E-state index is -0.670. The highest BCUT2D eigenvalue weighted by Crippen LogP contribution is 2.18. The Bertz CT molecular complexity index is 1060. The van der Waals surface area contributed by atoms with Gasteiger partial charge in [0.2, 0.25) is 5.91 Å². The average molecular weight is 1000 g/mol. The Morgan fingerprint density at radius 2 is 0.662 bits per heavy atom. The number of carbonyl (C=O) groups is 2. The number of amides is 1. The molecule has 3 N–H and O–H groups in total. The Balaban J connectivity index is 3.41. The molecule has 2 atom stereocenters. The zero-order valence-corrected chi connectivity index (χ0v) is 48.2. The largest absolute Gasteiger partial charge is 0.466 e. The van der Waals surface area contributed by atoms with E-state index < -0.39 is 12.1 Å². The predicted molar refractivity (Wildman–Crippen MR) is 310 cm³/mol. The number of hydrogen-bond acceptors (Lipinski definition) is 5. The minimum absolute atomic E-state index is 0.00288. The first kappa shape index (κ1) is 69.6. The smallest absolute Gasteiger partial charge is 0.305 e. The van der Waals surface area contributed by atoms with Crippen molar-refractivity contribution in [2.24, 2.45) is 0 Å². The number of hydrogen-bond donors (Lipinski definition) is 3. The summed E-state index contributed by atoms with van der Waals surface area (Å²) in [5.41, 5.74) is 0. The summed E-state index contributed by atoms with van der Waals surface area (Å²) in [6.07, 6.45) is 73.6. The van der Waals surface area contributed by atoms with Crippen LogP contribution in [0.25, 0.3) is 0 Å². The van der Waals surface area contributed by atoms with E-state index in [9.17, 15) is 19.8 Å². The molecule has 0 spiro atoms. The molecule has 0 heterocycles. The molecule has 0 bridgehead atoms. The summed E-state index contributed by atoms with van der Waals surface area (Å²) in [6.45, 7) is 4.97. The van der Waals surface area contributed by atoms with Crippen molar-refractivity contribution in [1.82, 2.24) is 5.32 Å². The van der Waals surface area contributed by atoms with E-state index >= 15 is 0 Å². The van der Waals surface area contributed by atoms with Crippen LogP contribution in [0.4, 0.5) is 0 Å². The van der Waals surface area contributed by atoms with E-state index in [4.69, 9.17) is 4.74 Å². The van der Waals surface area contributed by atoms with Gasteiger partial charge in [0.1, 0.15) is 0 Å². The van der Waals surface area contributed by atoms with Gasteiger partial charge < -0.3 is 20.3 Å². The van der Waals surface area contributed by atoms with Crippen LogP contribution in [-0.4, -0.2) is 47.4 Å². The Morgan fingerprint density at radius 3 is 1.00 bits per heavy atom. The number of ether oxygens (including phenoxy) is 1. The first-order valence-electron chi connectivity index (χ1n) is 32.4. The van der Waals surface area contributed by atoms with E-state index in [1.807, 2.05) is 0 Å². The molecule has 0 aromatic heterocycles. The van der Waals surface area contributed by atoms with Crippen LogP contribution in [0, 0.1) is 0 Å². The van der Waals surface area contributed by atoms with Gasteiger partial charge in [-0.25, -0.2) is 0 Å². The Labute approximate surface area is 444 Å². The molecule has 0 aliphatic heterocycles. The number of rotatable bonds is 61. The van der Waals surface area contributed by atoms with E-state index in [1.54, 1.807) is 0 Å². The van der Waals surface area contributed by atoms with Gasteiger partial charge in [-0.1, -0.05) is 315 Å². The fourth-order valence-corrected chi connectivity index (χ4v) is 10.3. The van der Waals surface area contributed by atoms with Crippen molar-refractivity contribution in [3.05, 3.63) is 12.2 Å². The van der Waals surface area contributed by atoms with Crippen molar-refractivity contribution in [2.45, 2.75) is 379 Å². The zero-order chi connectivity index (χ0) is 51.4. The molecule has 71 heavy (non-hydrogen) atoms. The van der Waals surface area contributed by atoms with Crippen molar-refractivity contribution in [3.63, 3.8) is 0 Å². The molecule has 0 saturated heterocycles. The monoisotopic (exact) mass is 1000 g/mol. The highest BCUT2D eigenvalue weighted by molar-refractivity contribution is 5.76. The Hall–Kier alpha value is -1.40. The fourth-order valence-electron chi connectivity index (χ4n) is 10.3. The molecule has 0 aromatic rings. The lowest BCUT2D eigenvalue weighted by atomic mass is 10.0. The van der Waals surface area contributed by atoms with Gasteiger partial charge in [0.05, 0.1) is 25.4 Å². The summed E-state index contributed by atoms with van der Waals surface area (Å²) in [7, 11) is 0. The third-order valence-corrected chi connectivity index (χ3v) is 15.3. The van der Waals surface area contributed by atoms with Crippen molar-refractivity contribution in [2.75, 3.05) is 13.2 Å². The van der Waals surface area contributed by atoms with Gasteiger partial charge in [-0.3, -0.25) is 9.59 Å². The molecule has 2 unspecified atom stereocenters. The van der Waals surface area contributed by atoms with E-state index in [2.05, 4.69) is 31.3 Å². The van der Waals surface area contributed by atoms with E-state index in [0.717, 1.165) is 44.9 Å². The maximum atomic E-state index is 12.5. The van der Waals surface area contributed by atoms with Crippen LogP contribution in [0.3, 0.4) is 0 Å². The van der Waals surface area contributed by atoms with Gasteiger partial charge in [-0.05, 0) is 51.4 Å². The second-order valence-corrected chi connectivity index (χ2v) is 22.5. The number of esters is 1. The standard InChI is InChI=1S/C65H127NO5/c1-3-5-7-9-11-13-15-17-19-21-22-23-24-25-26-29-33-37-41-45-49-53-57-63(68)62(61-67)66-64(69)58-54-50-46-42-38-34-30-27-28-32-36-40-44-48-52-56-60-71-65(70)59-55-51-47-43-39-35-31-20-18-16-14-12-10-8-6-4-2/h20,31,62-63,67-68H,3-19,21-30,32-61H2,1-2H3,(H,66,69)/b31-20-. The Kier molecular flexibility index (Phi) is 59.9. The first-order valence-corrected chi connectivity index (χ1v) is 32.4. The summed E-state index contributed by atoms with van der Waals surface area (Å²) < 4.78 is 5.48.